The number of para-hydroxylation sites is 2. The van der Waals surface area contributed by atoms with Gasteiger partial charge in [0, 0.05) is 17.1 Å². The van der Waals surface area contributed by atoms with Gasteiger partial charge in [-0.1, -0.05) is 48.0 Å². The first-order valence-electron chi connectivity index (χ1n) is 6.54. The van der Waals surface area contributed by atoms with Crippen LogP contribution in [-0.4, -0.2) is 4.98 Å². The first kappa shape index (κ1) is 13.4. The van der Waals surface area contributed by atoms with Crippen LogP contribution in [0.5, 0.6) is 0 Å². The Labute approximate surface area is 127 Å². The van der Waals surface area contributed by atoms with Gasteiger partial charge in [0.1, 0.15) is 6.04 Å². The molecule has 0 bridgehead atoms. The topological polar surface area (TPSA) is 48.7 Å². The number of rotatable bonds is 3. The van der Waals surface area contributed by atoms with Gasteiger partial charge in [-0.2, -0.15) is 5.26 Å². The molecule has 1 heterocycles. The molecular weight excluding hydrogens is 282 g/mol. The highest BCUT2D eigenvalue weighted by Crippen LogP contribution is 2.28. The number of nitriles is 1. The molecule has 4 heteroatoms. The second-order valence-electron chi connectivity index (χ2n) is 4.61. The molecule has 3 aromatic rings. The third-order valence-electron chi connectivity index (χ3n) is 3.28. The first-order valence-corrected chi connectivity index (χ1v) is 6.92. The molecule has 1 N–H and O–H groups in total. The molecule has 0 amide bonds. The number of hydrogen-bond donors (Lipinski definition) is 1. The number of aromatic nitrogens is 1. The highest BCUT2D eigenvalue weighted by Gasteiger charge is 2.15. The van der Waals surface area contributed by atoms with Crippen LogP contribution in [0.25, 0.3) is 10.9 Å². The molecule has 1 aromatic heterocycles. The Morgan fingerprint density at radius 1 is 1.05 bits per heavy atom. The maximum Gasteiger partial charge on any atom is 0.142 e. The number of nitrogens with one attached hydrogen (secondary N) is 1. The minimum Gasteiger partial charge on any atom is -0.365 e. The zero-order valence-electron chi connectivity index (χ0n) is 11.1. The smallest absolute Gasteiger partial charge is 0.142 e. The van der Waals surface area contributed by atoms with E-state index in [0.717, 1.165) is 22.2 Å². The summed E-state index contributed by atoms with van der Waals surface area (Å²) in [6.45, 7) is 0. The van der Waals surface area contributed by atoms with Crippen molar-refractivity contribution < 1.29 is 0 Å². The standard InChI is InChI=1S/C17H12ClN3/c18-14-8-1-2-9-15(14)21-16(11-19)13-7-3-5-12-6-4-10-20-17(12)13/h1-10,16,21H. The van der Waals surface area contributed by atoms with E-state index >= 15 is 0 Å². The largest absolute Gasteiger partial charge is 0.365 e. The van der Waals surface area contributed by atoms with Crippen LogP contribution >= 0.6 is 11.6 Å². The van der Waals surface area contributed by atoms with E-state index in [1.54, 1.807) is 12.3 Å². The minimum atomic E-state index is -0.511. The van der Waals surface area contributed by atoms with E-state index in [4.69, 9.17) is 11.6 Å². The van der Waals surface area contributed by atoms with Gasteiger partial charge in [-0.25, -0.2) is 0 Å². The molecule has 0 radical (unpaired) electrons. The van der Waals surface area contributed by atoms with E-state index < -0.39 is 6.04 Å². The predicted octanol–water partition coefficient (Wildman–Crippen LogP) is 4.56. The molecular formula is C17H12ClN3. The number of nitrogens with zero attached hydrogens (tertiary/aromatic N) is 2. The molecule has 1 unspecified atom stereocenters. The fourth-order valence-corrected chi connectivity index (χ4v) is 2.46. The molecule has 0 spiro atoms. The number of fused-ring (bicyclic) bond motifs is 1. The minimum absolute atomic E-state index is 0.511. The molecule has 0 aliphatic carbocycles. The molecule has 1 atom stereocenters. The Morgan fingerprint density at radius 2 is 1.86 bits per heavy atom. The maximum absolute atomic E-state index is 9.51. The summed E-state index contributed by atoms with van der Waals surface area (Å²) in [6.07, 6.45) is 1.73. The molecule has 3 nitrogen and oxygen atoms in total. The monoisotopic (exact) mass is 293 g/mol. The zero-order valence-corrected chi connectivity index (χ0v) is 11.9. The number of halogens is 1. The summed E-state index contributed by atoms with van der Waals surface area (Å²) in [5.74, 6) is 0. The van der Waals surface area contributed by atoms with E-state index in [1.165, 1.54) is 0 Å². The summed E-state index contributed by atoms with van der Waals surface area (Å²) >= 11 is 6.14. The summed E-state index contributed by atoms with van der Waals surface area (Å²) in [5, 5.41) is 14.3. The van der Waals surface area contributed by atoms with Crippen molar-refractivity contribution in [2.75, 3.05) is 5.32 Å². The zero-order chi connectivity index (χ0) is 14.7. The van der Waals surface area contributed by atoms with Crippen molar-refractivity contribution in [3.05, 3.63) is 71.4 Å². The van der Waals surface area contributed by atoms with Crippen LogP contribution in [0.3, 0.4) is 0 Å². The number of pyridine rings is 1. The normalized spacial score (nSPS) is 11.8. The van der Waals surface area contributed by atoms with Crippen LogP contribution in [-0.2, 0) is 0 Å². The summed E-state index contributed by atoms with van der Waals surface area (Å²) in [7, 11) is 0. The lowest BCUT2D eigenvalue weighted by atomic mass is 10.0. The quantitative estimate of drug-likeness (QED) is 0.770. The Kier molecular flexibility index (Phi) is 3.72. The summed E-state index contributed by atoms with van der Waals surface area (Å²) in [4.78, 5) is 4.39. The fourth-order valence-electron chi connectivity index (χ4n) is 2.27. The lowest BCUT2D eigenvalue weighted by molar-refractivity contribution is 1.00. The number of anilines is 1. The second-order valence-corrected chi connectivity index (χ2v) is 5.02. The maximum atomic E-state index is 9.51. The van der Waals surface area contributed by atoms with Gasteiger partial charge in [0.2, 0.25) is 0 Å². The van der Waals surface area contributed by atoms with Crippen LogP contribution in [0, 0.1) is 11.3 Å². The molecule has 0 fully saturated rings. The van der Waals surface area contributed by atoms with Crippen molar-refractivity contribution in [1.82, 2.24) is 4.98 Å². The average Bonchev–Trinajstić information content (AvgIpc) is 2.54. The van der Waals surface area contributed by atoms with Gasteiger partial charge in [0.05, 0.1) is 22.3 Å². The second kappa shape index (κ2) is 5.82. The van der Waals surface area contributed by atoms with Crippen molar-refractivity contribution in [1.29, 1.82) is 5.26 Å². The average molecular weight is 294 g/mol. The van der Waals surface area contributed by atoms with E-state index in [9.17, 15) is 5.26 Å². The van der Waals surface area contributed by atoms with E-state index in [1.807, 2.05) is 48.5 Å². The number of benzene rings is 2. The Hall–Kier alpha value is -2.57. The molecule has 2 aromatic carbocycles. The van der Waals surface area contributed by atoms with Crippen LogP contribution in [0.4, 0.5) is 5.69 Å². The van der Waals surface area contributed by atoms with Crippen LogP contribution in [0.1, 0.15) is 11.6 Å². The molecule has 3 rings (SSSR count). The number of hydrogen-bond acceptors (Lipinski definition) is 3. The molecule has 0 saturated carbocycles. The van der Waals surface area contributed by atoms with Gasteiger partial charge in [0.25, 0.3) is 0 Å². The van der Waals surface area contributed by atoms with Crippen molar-refractivity contribution in [2.24, 2.45) is 0 Å². The van der Waals surface area contributed by atoms with E-state index in [0.29, 0.717) is 5.02 Å². The molecule has 102 valence electrons. The summed E-state index contributed by atoms with van der Waals surface area (Å²) in [6, 6.07) is 18.8. The molecule has 0 aliphatic rings. The Bertz CT molecular complexity index is 818. The van der Waals surface area contributed by atoms with E-state index in [2.05, 4.69) is 16.4 Å². The van der Waals surface area contributed by atoms with Gasteiger partial charge in [0.15, 0.2) is 0 Å². The van der Waals surface area contributed by atoms with Crippen LogP contribution in [0.15, 0.2) is 60.8 Å². The molecule has 0 aliphatic heterocycles. The SMILES string of the molecule is N#CC(Nc1ccccc1Cl)c1cccc2cccnc12. The van der Waals surface area contributed by atoms with E-state index in [-0.39, 0.29) is 0 Å². The van der Waals surface area contributed by atoms with Gasteiger partial charge in [-0.15, -0.1) is 0 Å². The van der Waals surface area contributed by atoms with Gasteiger partial charge < -0.3 is 5.32 Å². The molecule has 0 saturated heterocycles. The highest BCUT2D eigenvalue weighted by atomic mass is 35.5. The fraction of sp³-hybridized carbons (Fsp3) is 0.0588. The van der Waals surface area contributed by atoms with Crippen molar-refractivity contribution in [2.45, 2.75) is 6.04 Å². The first-order chi connectivity index (χ1) is 10.3. The summed E-state index contributed by atoms with van der Waals surface area (Å²) in [5.41, 5.74) is 2.40. The third kappa shape index (κ3) is 2.67. The van der Waals surface area contributed by atoms with Crippen molar-refractivity contribution in [3.63, 3.8) is 0 Å². The van der Waals surface area contributed by atoms with Gasteiger partial charge >= 0.3 is 0 Å². The Morgan fingerprint density at radius 3 is 2.67 bits per heavy atom. The lowest BCUT2D eigenvalue weighted by Crippen LogP contribution is -2.09. The highest BCUT2D eigenvalue weighted by molar-refractivity contribution is 6.33. The predicted molar refractivity (Wildman–Crippen MR) is 85.2 cm³/mol. The summed E-state index contributed by atoms with van der Waals surface area (Å²) < 4.78 is 0. The lowest BCUT2D eigenvalue weighted by Gasteiger charge is -2.15. The van der Waals surface area contributed by atoms with Crippen LogP contribution < -0.4 is 5.32 Å². The van der Waals surface area contributed by atoms with Crippen molar-refractivity contribution >= 4 is 28.2 Å². The van der Waals surface area contributed by atoms with Gasteiger partial charge in [-0.05, 0) is 18.2 Å². The van der Waals surface area contributed by atoms with Crippen LogP contribution in [0.2, 0.25) is 5.02 Å². The Balaban J connectivity index is 2.04. The van der Waals surface area contributed by atoms with Crippen molar-refractivity contribution in [3.8, 4) is 6.07 Å². The molecule has 21 heavy (non-hydrogen) atoms. The third-order valence-corrected chi connectivity index (χ3v) is 3.61. The van der Waals surface area contributed by atoms with Gasteiger partial charge in [-0.3, -0.25) is 4.98 Å².